The molecular formula is C20H16N4O. The number of hydrogen-bond donors (Lipinski definition) is 2. The third kappa shape index (κ3) is 3.12. The first kappa shape index (κ1) is 15.1. The van der Waals surface area contributed by atoms with Gasteiger partial charge in [0.15, 0.2) is 0 Å². The van der Waals surface area contributed by atoms with Gasteiger partial charge in [-0.1, -0.05) is 18.2 Å². The van der Waals surface area contributed by atoms with Gasteiger partial charge >= 0.3 is 0 Å². The predicted octanol–water partition coefficient (Wildman–Crippen LogP) is 4.07. The Morgan fingerprint density at radius 2 is 1.96 bits per heavy atom. The van der Waals surface area contributed by atoms with Crippen LogP contribution >= 0.6 is 0 Å². The summed E-state index contributed by atoms with van der Waals surface area (Å²) in [6.45, 7) is 1.95. The van der Waals surface area contributed by atoms with Gasteiger partial charge in [-0.15, -0.1) is 0 Å². The number of nitrogens with zero attached hydrogens (tertiary/aromatic N) is 2. The molecule has 122 valence electrons. The number of rotatable bonds is 3. The number of H-pyrrole nitrogens is 1. The molecule has 2 N–H and O–H groups in total. The van der Waals surface area contributed by atoms with Crippen LogP contribution in [0.3, 0.4) is 0 Å². The number of carbonyl (C=O) groups excluding carboxylic acids is 1. The molecule has 0 aliphatic carbocycles. The Labute approximate surface area is 144 Å². The largest absolute Gasteiger partial charge is 0.353 e. The van der Waals surface area contributed by atoms with Gasteiger partial charge < -0.3 is 10.3 Å². The second-order valence-electron chi connectivity index (χ2n) is 5.87. The summed E-state index contributed by atoms with van der Waals surface area (Å²) in [4.78, 5) is 23.9. The maximum Gasteiger partial charge on any atom is 0.249 e. The van der Waals surface area contributed by atoms with Crippen molar-refractivity contribution < 1.29 is 4.79 Å². The van der Waals surface area contributed by atoms with Gasteiger partial charge in [0, 0.05) is 28.6 Å². The lowest BCUT2D eigenvalue weighted by Crippen LogP contribution is -2.09. The van der Waals surface area contributed by atoms with Crippen molar-refractivity contribution in [1.29, 1.82) is 0 Å². The Morgan fingerprint density at radius 3 is 2.84 bits per heavy atom. The van der Waals surface area contributed by atoms with Crippen LogP contribution in [0.4, 0.5) is 5.82 Å². The van der Waals surface area contributed by atoms with Crippen molar-refractivity contribution in [1.82, 2.24) is 15.0 Å². The van der Waals surface area contributed by atoms with Crippen molar-refractivity contribution in [3.8, 4) is 0 Å². The van der Waals surface area contributed by atoms with Crippen molar-refractivity contribution in [2.24, 2.45) is 0 Å². The highest BCUT2D eigenvalue weighted by Gasteiger charge is 2.05. The minimum Gasteiger partial charge on any atom is -0.353 e. The summed E-state index contributed by atoms with van der Waals surface area (Å²) < 4.78 is 0. The molecule has 0 bridgehead atoms. The van der Waals surface area contributed by atoms with Crippen LogP contribution < -0.4 is 5.32 Å². The molecule has 4 aromatic rings. The van der Waals surface area contributed by atoms with Gasteiger partial charge in [-0.3, -0.25) is 9.78 Å². The summed E-state index contributed by atoms with van der Waals surface area (Å²) in [5.74, 6) is 0.300. The van der Waals surface area contributed by atoms with E-state index >= 15 is 0 Å². The lowest BCUT2D eigenvalue weighted by molar-refractivity contribution is -0.111. The van der Waals surface area contributed by atoms with Gasteiger partial charge in [0.1, 0.15) is 5.82 Å². The zero-order valence-corrected chi connectivity index (χ0v) is 13.7. The van der Waals surface area contributed by atoms with Crippen LogP contribution in [-0.2, 0) is 4.79 Å². The van der Waals surface area contributed by atoms with Gasteiger partial charge in [0.05, 0.1) is 17.4 Å². The second kappa shape index (κ2) is 6.20. The van der Waals surface area contributed by atoms with Gasteiger partial charge in [-0.05, 0) is 42.8 Å². The molecule has 5 heteroatoms. The zero-order chi connectivity index (χ0) is 17.2. The number of para-hydroxylation sites is 1. The maximum atomic E-state index is 12.1. The maximum absolute atomic E-state index is 12.1. The van der Waals surface area contributed by atoms with E-state index in [-0.39, 0.29) is 5.91 Å². The standard InChI is InChI=1S/C20H16N4O/c1-13-8-9-21-19(10-13)24-20(25)7-6-14-11-16-15-4-2-3-5-17(15)23-18(16)12-22-14/h2-12,23H,1H3,(H,21,24,25)/b7-6+. The zero-order valence-electron chi connectivity index (χ0n) is 13.7. The van der Waals surface area contributed by atoms with Crippen LogP contribution in [0.1, 0.15) is 11.3 Å². The Balaban J connectivity index is 1.58. The molecule has 0 unspecified atom stereocenters. The molecule has 0 radical (unpaired) electrons. The highest BCUT2D eigenvalue weighted by atomic mass is 16.1. The molecule has 0 atom stereocenters. The van der Waals surface area contributed by atoms with Gasteiger partial charge in [0.25, 0.3) is 0 Å². The molecule has 3 heterocycles. The smallest absolute Gasteiger partial charge is 0.249 e. The van der Waals surface area contributed by atoms with E-state index in [9.17, 15) is 4.79 Å². The number of aromatic nitrogens is 3. The molecule has 25 heavy (non-hydrogen) atoms. The van der Waals surface area contributed by atoms with Crippen LogP contribution in [0.15, 0.2) is 60.9 Å². The second-order valence-corrected chi connectivity index (χ2v) is 5.87. The fourth-order valence-electron chi connectivity index (χ4n) is 2.79. The first-order valence-corrected chi connectivity index (χ1v) is 7.97. The van der Waals surface area contributed by atoms with Crippen LogP contribution in [0.2, 0.25) is 0 Å². The van der Waals surface area contributed by atoms with E-state index in [1.54, 1.807) is 18.5 Å². The first-order chi connectivity index (χ1) is 12.2. The van der Waals surface area contributed by atoms with Crippen LogP contribution in [0.25, 0.3) is 27.9 Å². The normalized spacial score (nSPS) is 11.4. The Hall–Kier alpha value is -3.47. The molecule has 5 nitrogen and oxygen atoms in total. The lowest BCUT2D eigenvalue weighted by Gasteiger charge is -2.01. The lowest BCUT2D eigenvalue weighted by atomic mass is 10.1. The summed E-state index contributed by atoms with van der Waals surface area (Å²) in [6.07, 6.45) is 6.62. The van der Waals surface area contributed by atoms with Crippen LogP contribution in [0, 0.1) is 6.92 Å². The quantitative estimate of drug-likeness (QED) is 0.557. The fraction of sp³-hybridized carbons (Fsp3) is 0.0500. The number of hydrogen-bond acceptors (Lipinski definition) is 3. The van der Waals surface area contributed by atoms with E-state index in [4.69, 9.17) is 0 Å². The SMILES string of the molecule is Cc1ccnc(NC(=O)/C=C/c2cc3c(cn2)[nH]c2ccccc23)c1. The molecule has 1 aromatic carbocycles. The molecule has 4 rings (SSSR count). The Bertz CT molecular complexity index is 1110. The van der Waals surface area contributed by atoms with Crippen molar-refractivity contribution >= 4 is 39.6 Å². The van der Waals surface area contributed by atoms with Gasteiger partial charge in [0.2, 0.25) is 5.91 Å². The summed E-state index contributed by atoms with van der Waals surface area (Å²) >= 11 is 0. The minimum absolute atomic E-state index is 0.237. The first-order valence-electron chi connectivity index (χ1n) is 7.97. The number of carbonyl (C=O) groups is 1. The summed E-state index contributed by atoms with van der Waals surface area (Å²) in [6, 6.07) is 13.8. The fourth-order valence-corrected chi connectivity index (χ4v) is 2.79. The molecular weight excluding hydrogens is 312 g/mol. The number of nitrogens with one attached hydrogen (secondary N) is 2. The number of anilines is 1. The average Bonchev–Trinajstić information content (AvgIpc) is 2.98. The average molecular weight is 328 g/mol. The highest BCUT2D eigenvalue weighted by molar-refractivity contribution is 6.07. The Morgan fingerprint density at radius 1 is 1.08 bits per heavy atom. The monoisotopic (exact) mass is 328 g/mol. The predicted molar refractivity (Wildman–Crippen MR) is 100 cm³/mol. The number of aromatic amines is 1. The summed E-state index contributed by atoms with van der Waals surface area (Å²) in [5, 5.41) is 4.97. The molecule has 1 amide bonds. The van der Waals surface area contributed by atoms with Gasteiger partial charge in [-0.25, -0.2) is 4.98 Å². The van der Waals surface area contributed by atoms with Crippen molar-refractivity contribution in [2.75, 3.05) is 5.32 Å². The number of benzene rings is 1. The van der Waals surface area contributed by atoms with E-state index in [2.05, 4.69) is 26.3 Å². The van der Waals surface area contributed by atoms with E-state index in [1.165, 1.54) is 6.08 Å². The van der Waals surface area contributed by atoms with Crippen LogP contribution in [-0.4, -0.2) is 20.9 Å². The molecule has 0 saturated heterocycles. The van der Waals surface area contributed by atoms with Crippen LogP contribution in [0.5, 0.6) is 0 Å². The number of amides is 1. The third-order valence-electron chi connectivity index (χ3n) is 3.98. The number of aryl methyl sites for hydroxylation is 1. The summed E-state index contributed by atoms with van der Waals surface area (Å²) in [5.41, 5.74) is 3.82. The van der Waals surface area contributed by atoms with E-state index < -0.39 is 0 Å². The molecule has 0 aliphatic rings. The molecule has 0 spiro atoms. The van der Waals surface area contributed by atoms with Crippen molar-refractivity contribution in [3.63, 3.8) is 0 Å². The molecule has 0 fully saturated rings. The van der Waals surface area contributed by atoms with Crippen molar-refractivity contribution in [2.45, 2.75) is 6.92 Å². The van der Waals surface area contributed by atoms with Gasteiger partial charge in [-0.2, -0.15) is 0 Å². The number of pyridine rings is 2. The van der Waals surface area contributed by atoms with E-state index in [0.717, 1.165) is 33.1 Å². The van der Waals surface area contributed by atoms with E-state index in [0.29, 0.717) is 5.82 Å². The summed E-state index contributed by atoms with van der Waals surface area (Å²) in [7, 11) is 0. The molecule has 3 aromatic heterocycles. The molecule has 0 aliphatic heterocycles. The van der Waals surface area contributed by atoms with E-state index in [1.807, 2.05) is 43.3 Å². The highest BCUT2D eigenvalue weighted by Crippen LogP contribution is 2.25. The third-order valence-corrected chi connectivity index (χ3v) is 3.98. The minimum atomic E-state index is -0.237. The van der Waals surface area contributed by atoms with Crippen molar-refractivity contribution in [3.05, 3.63) is 72.2 Å². The number of fused-ring (bicyclic) bond motifs is 3. The topological polar surface area (TPSA) is 70.7 Å². The Kier molecular flexibility index (Phi) is 3.74. The molecule has 0 saturated carbocycles.